The maximum Gasteiger partial charge on any atom is 0.243 e. The summed E-state index contributed by atoms with van der Waals surface area (Å²) in [7, 11) is -3.45. The van der Waals surface area contributed by atoms with Crippen molar-refractivity contribution >= 4 is 15.9 Å². The molecule has 0 heterocycles. The quantitative estimate of drug-likeness (QED) is 0.585. The van der Waals surface area contributed by atoms with E-state index in [2.05, 4.69) is 5.32 Å². The highest BCUT2D eigenvalue weighted by atomic mass is 32.2. The lowest BCUT2D eigenvalue weighted by Crippen LogP contribution is -2.30. The maximum atomic E-state index is 12.5. The molecule has 0 atom stereocenters. The lowest BCUT2D eigenvalue weighted by atomic mass is 10.1. The molecular weight excluding hydrogens is 376 g/mol. The minimum absolute atomic E-state index is 0.0588. The molecule has 1 N–H and O–H groups in total. The first-order valence-electron chi connectivity index (χ1n) is 9.51. The molecular formula is C21H28N2O4S. The summed E-state index contributed by atoms with van der Waals surface area (Å²) in [5, 5.41) is 2.82. The average Bonchev–Trinajstić information content (AvgIpc) is 2.71. The number of carbonyl (C=O) groups excluding carboxylic acids is 1. The van der Waals surface area contributed by atoms with Crippen molar-refractivity contribution in [2.75, 3.05) is 26.2 Å². The molecule has 0 aliphatic carbocycles. The first-order chi connectivity index (χ1) is 13.5. The maximum absolute atomic E-state index is 12.5. The summed E-state index contributed by atoms with van der Waals surface area (Å²) in [5.41, 5.74) is 0.925. The number of amides is 1. The zero-order valence-corrected chi connectivity index (χ0v) is 17.2. The molecule has 1 amide bonds. The van der Waals surface area contributed by atoms with E-state index >= 15 is 0 Å². The topological polar surface area (TPSA) is 75.7 Å². The molecule has 6 nitrogen and oxygen atoms in total. The van der Waals surface area contributed by atoms with Crippen molar-refractivity contribution in [3.05, 3.63) is 60.2 Å². The van der Waals surface area contributed by atoms with Crippen molar-refractivity contribution < 1.29 is 17.9 Å². The van der Waals surface area contributed by atoms with Crippen LogP contribution in [0.15, 0.2) is 59.5 Å². The molecule has 2 aromatic carbocycles. The highest BCUT2D eigenvalue weighted by molar-refractivity contribution is 7.89. The minimum atomic E-state index is -3.45. The Morgan fingerprint density at radius 3 is 2.25 bits per heavy atom. The second kappa shape index (κ2) is 10.8. The number of benzene rings is 2. The summed E-state index contributed by atoms with van der Waals surface area (Å²) in [4.78, 5) is 12.2. The molecule has 0 unspecified atom stereocenters. The second-order valence-electron chi connectivity index (χ2n) is 6.24. The van der Waals surface area contributed by atoms with Crippen molar-refractivity contribution in [1.82, 2.24) is 9.62 Å². The van der Waals surface area contributed by atoms with E-state index in [0.717, 1.165) is 11.3 Å². The fraction of sp³-hybridized carbons (Fsp3) is 0.381. The van der Waals surface area contributed by atoms with Crippen LogP contribution in [0.3, 0.4) is 0 Å². The first kappa shape index (κ1) is 21.9. The van der Waals surface area contributed by atoms with E-state index in [9.17, 15) is 13.2 Å². The van der Waals surface area contributed by atoms with Gasteiger partial charge in [0, 0.05) is 19.5 Å². The molecule has 0 aliphatic heterocycles. The van der Waals surface area contributed by atoms with Gasteiger partial charge in [0.25, 0.3) is 0 Å². The molecule has 0 radical (unpaired) electrons. The van der Waals surface area contributed by atoms with E-state index in [4.69, 9.17) is 4.74 Å². The average molecular weight is 405 g/mol. The van der Waals surface area contributed by atoms with E-state index in [0.29, 0.717) is 39.1 Å². The third-order valence-electron chi connectivity index (χ3n) is 4.34. The Hall–Kier alpha value is -2.38. The summed E-state index contributed by atoms with van der Waals surface area (Å²) >= 11 is 0. The monoisotopic (exact) mass is 404 g/mol. The van der Waals surface area contributed by atoms with E-state index in [-0.39, 0.29) is 10.8 Å². The van der Waals surface area contributed by atoms with Crippen molar-refractivity contribution in [2.24, 2.45) is 0 Å². The van der Waals surface area contributed by atoms with Crippen LogP contribution >= 0.6 is 0 Å². The van der Waals surface area contributed by atoms with Gasteiger partial charge in [-0.15, -0.1) is 0 Å². The van der Waals surface area contributed by atoms with Crippen LogP contribution in [0.2, 0.25) is 0 Å². The van der Waals surface area contributed by atoms with Gasteiger partial charge in [0.15, 0.2) is 0 Å². The summed E-state index contributed by atoms with van der Waals surface area (Å²) < 4.78 is 31.9. The van der Waals surface area contributed by atoms with Gasteiger partial charge in [-0.2, -0.15) is 4.31 Å². The van der Waals surface area contributed by atoms with E-state index in [1.165, 1.54) is 4.31 Å². The number of hydrogen-bond donors (Lipinski definition) is 1. The van der Waals surface area contributed by atoms with Crippen LogP contribution in [-0.2, 0) is 21.2 Å². The van der Waals surface area contributed by atoms with Crippen LogP contribution < -0.4 is 10.1 Å². The normalized spacial score (nSPS) is 11.4. The highest BCUT2D eigenvalue weighted by Crippen LogP contribution is 2.16. The Balaban J connectivity index is 1.76. The fourth-order valence-corrected chi connectivity index (χ4v) is 4.22. The number of carbonyl (C=O) groups is 1. The largest absolute Gasteiger partial charge is 0.492 e. The molecule has 0 saturated carbocycles. The molecule has 2 rings (SSSR count). The van der Waals surface area contributed by atoms with Gasteiger partial charge >= 0.3 is 0 Å². The van der Waals surface area contributed by atoms with Gasteiger partial charge in [-0.1, -0.05) is 44.2 Å². The Morgan fingerprint density at radius 2 is 1.64 bits per heavy atom. The number of sulfonamides is 1. The fourth-order valence-electron chi connectivity index (χ4n) is 2.76. The van der Waals surface area contributed by atoms with Crippen LogP contribution in [0.25, 0.3) is 0 Å². The number of nitrogens with zero attached hydrogens (tertiary/aromatic N) is 1. The number of aryl methyl sites for hydroxylation is 1. The molecule has 0 bridgehead atoms. The van der Waals surface area contributed by atoms with Crippen LogP contribution in [0.4, 0.5) is 0 Å². The predicted octanol–water partition coefficient (Wildman–Crippen LogP) is 2.84. The number of hydrogen-bond acceptors (Lipinski definition) is 4. The van der Waals surface area contributed by atoms with Crippen LogP contribution in [-0.4, -0.2) is 44.9 Å². The Kier molecular flexibility index (Phi) is 8.47. The molecule has 0 aliphatic rings. The van der Waals surface area contributed by atoms with Gasteiger partial charge in [-0.05, 0) is 36.2 Å². The summed E-state index contributed by atoms with van der Waals surface area (Å²) in [6.45, 7) is 5.36. The summed E-state index contributed by atoms with van der Waals surface area (Å²) in [6.07, 6.45) is 0.893. The molecule has 0 saturated heterocycles. The standard InChI is InChI=1S/C21H28N2O4S/c1-3-23(4-2)28(25,26)20-13-10-18(11-14-20)12-15-21(24)22-16-17-27-19-8-6-5-7-9-19/h5-11,13-14H,3-4,12,15-17H2,1-2H3,(H,22,24). The molecule has 7 heteroatoms. The van der Waals surface area contributed by atoms with Crippen LogP contribution in [0.1, 0.15) is 25.8 Å². The third kappa shape index (κ3) is 6.35. The molecule has 0 fully saturated rings. The van der Waals surface area contributed by atoms with Gasteiger partial charge in [-0.3, -0.25) is 4.79 Å². The van der Waals surface area contributed by atoms with Gasteiger partial charge in [0.1, 0.15) is 12.4 Å². The Labute approximate surface area is 167 Å². The van der Waals surface area contributed by atoms with E-state index in [1.54, 1.807) is 24.3 Å². The third-order valence-corrected chi connectivity index (χ3v) is 6.41. The molecule has 0 aromatic heterocycles. The van der Waals surface area contributed by atoms with E-state index < -0.39 is 10.0 Å². The van der Waals surface area contributed by atoms with Gasteiger partial charge in [0.2, 0.25) is 15.9 Å². The smallest absolute Gasteiger partial charge is 0.243 e. The summed E-state index contributed by atoms with van der Waals surface area (Å²) in [5.74, 6) is 0.716. The SMILES string of the molecule is CCN(CC)S(=O)(=O)c1ccc(CCC(=O)NCCOc2ccccc2)cc1. The van der Waals surface area contributed by atoms with Gasteiger partial charge in [-0.25, -0.2) is 8.42 Å². The van der Waals surface area contributed by atoms with Crippen LogP contribution in [0, 0.1) is 0 Å². The van der Waals surface area contributed by atoms with Crippen molar-refractivity contribution in [2.45, 2.75) is 31.6 Å². The van der Waals surface area contributed by atoms with E-state index in [1.807, 2.05) is 44.2 Å². The van der Waals surface area contributed by atoms with Gasteiger partial charge in [0.05, 0.1) is 11.4 Å². The second-order valence-corrected chi connectivity index (χ2v) is 8.18. The zero-order chi connectivity index (χ0) is 20.4. The van der Waals surface area contributed by atoms with Crippen molar-refractivity contribution in [3.8, 4) is 5.75 Å². The molecule has 152 valence electrons. The lowest BCUT2D eigenvalue weighted by molar-refractivity contribution is -0.121. The molecule has 2 aromatic rings. The van der Waals surface area contributed by atoms with Gasteiger partial charge < -0.3 is 10.1 Å². The zero-order valence-electron chi connectivity index (χ0n) is 16.4. The van der Waals surface area contributed by atoms with Crippen LogP contribution in [0.5, 0.6) is 5.75 Å². The van der Waals surface area contributed by atoms with Crippen molar-refractivity contribution in [1.29, 1.82) is 0 Å². The summed E-state index contributed by atoms with van der Waals surface area (Å²) in [6, 6.07) is 16.2. The first-order valence-corrected chi connectivity index (χ1v) is 10.9. The number of rotatable bonds is 11. The number of ether oxygens (including phenoxy) is 1. The van der Waals surface area contributed by atoms with Crippen molar-refractivity contribution in [3.63, 3.8) is 0 Å². The molecule has 0 spiro atoms. The molecule has 28 heavy (non-hydrogen) atoms. The number of para-hydroxylation sites is 1. The Bertz CT molecular complexity index is 832. The lowest BCUT2D eigenvalue weighted by Gasteiger charge is -2.18. The Morgan fingerprint density at radius 1 is 1.00 bits per heavy atom. The highest BCUT2D eigenvalue weighted by Gasteiger charge is 2.21. The predicted molar refractivity (Wildman–Crippen MR) is 110 cm³/mol. The number of nitrogens with one attached hydrogen (secondary N) is 1. The minimum Gasteiger partial charge on any atom is -0.492 e.